The van der Waals surface area contributed by atoms with E-state index in [0.717, 1.165) is 65.5 Å². The topological polar surface area (TPSA) is 57.0 Å². The predicted octanol–water partition coefficient (Wildman–Crippen LogP) is 5.02. The van der Waals surface area contributed by atoms with Gasteiger partial charge in [0.15, 0.2) is 0 Å². The van der Waals surface area contributed by atoms with Crippen LogP contribution in [0.1, 0.15) is 0 Å². The van der Waals surface area contributed by atoms with Gasteiger partial charge in [-0.25, -0.2) is 4.98 Å². The highest BCUT2D eigenvalue weighted by Gasteiger charge is 2.20. The van der Waals surface area contributed by atoms with Crippen LogP contribution < -0.4 is 14.4 Å². The maximum absolute atomic E-state index is 6.37. The molecule has 6 heteroatoms. The highest BCUT2D eigenvalue weighted by atomic mass is 16.5. The van der Waals surface area contributed by atoms with Gasteiger partial charge in [0.05, 0.1) is 27.4 Å². The maximum Gasteiger partial charge on any atom is 0.212 e. The first kappa shape index (κ1) is 19.5. The number of methoxy groups -OCH3 is 2. The van der Waals surface area contributed by atoms with E-state index in [1.807, 2.05) is 48.7 Å². The molecule has 3 heterocycles. The van der Waals surface area contributed by atoms with Crippen molar-refractivity contribution < 1.29 is 18.6 Å². The first-order valence-corrected chi connectivity index (χ1v) is 10.3. The van der Waals surface area contributed by atoms with Gasteiger partial charge in [0.25, 0.3) is 0 Å². The minimum atomic E-state index is 0.580. The highest BCUT2D eigenvalue weighted by Crippen LogP contribution is 2.42. The summed E-state index contributed by atoms with van der Waals surface area (Å²) in [5.41, 5.74) is 4.99. The number of ether oxygens (including phenoxy) is 3. The Morgan fingerprint density at radius 1 is 0.871 bits per heavy atom. The number of pyridine rings is 1. The molecule has 0 N–H and O–H groups in total. The number of aromatic nitrogens is 1. The first-order valence-electron chi connectivity index (χ1n) is 10.3. The Bertz CT molecular complexity index is 1180. The van der Waals surface area contributed by atoms with E-state index >= 15 is 0 Å². The Hall–Kier alpha value is -3.51. The second kappa shape index (κ2) is 8.32. The van der Waals surface area contributed by atoms with Gasteiger partial charge in [-0.15, -0.1) is 0 Å². The van der Waals surface area contributed by atoms with E-state index in [9.17, 15) is 0 Å². The quantitative estimate of drug-likeness (QED) is 0.456. The van der Waals surface area contributed by atoms with E-state index in [0.29, 0.717) is 5.88 Å². The summed E-state index contributed by atoms with van der Waals surface area (Å²) < 4.78 is 22.4. The zero-order chi connectivity index (χ0) is 21.2. The zero-order valence-electron chi connectivity index (χ0n) is 17.6. The third-order valence-electron chi connectivity index (χ3n) is 5.63. The van der Waals surface area contributed by atoms with Crippen molar-refractivity contribution in [2.45, 2.75) is 0 Å². The van der Waals surface area contributed by atoms with Crippen LogP contribution in [0.15, 0.2) is 65.2 Å². The van der Waals surface area contributed by atoms with E-state index in [4.69, 9.17) is 18.6 Å². The molecule has 1 aliphatic heterocycles. The summed E-state index contributed by atoms with van der Waals surface area (Å²) in [6.45, 7) is 3.26. The summed E-state index contributed by atoms with van der Waals surface area (Å²) in [7, 11) is 3.28. The minimum absolute atomic E-state index is 0.580. The normalized spacial score (nSPS) is 14.1. The molecule has 158 valence electrons. The van der Waals surface area contributed by atoms with Crippen molar-refractivity contribution in [3.05, 3.63) is 60.8 Å². The van der Waals surface area contributed by atoms with Gasteiger partial charge in [0, 0.05) is 53.1 Å². The third-order valence-corrected chi connectivity index (χ3v) is 5.63. The van der Waals surface area contributed by atoms with E-state index in [1.165, 1.54) is 5.69 Å². The van der Waals surface area contributed by atoms with Crippen LogP contribution in [0.25, 0.3) is 33.4 Å². The molecule has 0 amide bonds. The van der Waals surface area contributed by atoms with Gasteiger partial charge in [0.1, 0.15) is 17.1 Å². The molecule has 0 radical (unpaired) electrons. The van der Waals surface area contributed by atoms with Crippen molar-refractivity contribution in [2.24, 2.45) is 0 Å². The molecule has 0 aliphatic carbocycles. The van der Waals surface area contributed by atoms with E-state index in [1.54, 1.807) is 14.2 Å². The fourth-order valence-corrected chi connectivity index (χ4v) is 3.99. The number of nitrogens with zero attached hydrogens (tertiary/aromatic N) is 2. The molecule has 1 fully saturated rings. The molecule has 6 nitrogen and oxygen atoms in total. The molecule has 0 bridgehead atoms. The smallest absolute Gasteiger partial charge is 0.212 e. The predicted molar refractivity (Wildman–Crippen MR) is 121 cm³/mol. The largest absolute Gasteiger partial charge is 0.497 e. The monoisotopic (exact) mass is 416 g/mol. The average molecular weight is 416 g/mol. The molecule has 0 spiro atoms. The molecule has 0 saturated carbocycles. The fourth-order valence-electron chi connectivity index (χ4n) is 3.99. The second-order valence-electron chi connectivity index (χ2n) is 7.40. The van der Waals surface area contributed by atoms with Gasteiger partial charge in [-0.2, -0.15) is 0 Å². The fraction of sp³-hybridized carbons (Fsp3) is 0.240. The van der Waals surface area contributed by atoms with Crippen molar-refractivity contribution in [3.63, 3.8) is 0 Å². The van der Waals surface area contributed by atoms with Gasteiger partial charge < -0.3 is 23.5 Å². The average Bonchev–Trinajstić information content (AvgIpc) is 3.23. The molecule has 31 heavy (non-hydrogen) atoms. The lowest BCUT2D eigenvalue weighted by atomic mass is 9.99. The molecule has 0 unspecified atom stereocenters. The van der Waals surface area contributed by atoms with Crippen LogP contribution >= 0.6 is 0 Å². The summed E-state index contributed by atoms with van der Waals surface area (Å²) in [5.74, 6) is 2.20. The van der Waals surface area contributed by atoms with Crippen molar-refractivity contribution in [1.29, 1.82) is 0 Å². The van der Waals surface area contributed by atoms with Gasteiger partial charge >= 0.3 is 0 Å². The Morgan fingerprint density at radius 2 is 1.65 bits per heavy atom. The molecule has 5 rings (SSSR count). The molecule has 2 aromatic heterocycles. The van der Waals surface area contributed by atoms with Gasteiger partial charge in [-0.1, -0.05) is 0 Å². The number of benzene rings is 2. The van der Waals surface area contributed by atoms with Crippen LogP contribution in [-0.2, 0) is 4.74 Å². The van der Waals surface area contributed by atoms with Crippen LogP contribution in [0.2, 0.25) is 0 Å². The number of rotatable bonds is 5. The highest BCUT2D eigenvalue weighted by molar-refractivity contribution is 6.03. The molecule has 0 atom stereocenters. The van der Waals surface area contributed by atoms with Crippen molar-refractivity contribution in [3.8, 4) is 34.1 Å². The molecule has 1 aliphatic rings. The lowest BCUT2D eigenvalue weighted by Gasteiger charge is -2.28. The van der Waals surface area contributed by atoms with Gasteiger partial charge in [0.2, 0.25) is 5.88 Å². The van der Waals surface area contributed by atoms with E-state index in [2.05, 4.69) is 22.0 Å². The van der Waals surface area contributed by atoms with Crippen molar-refractivity contribution in [2.75, 3.05) is 45.4 Å². The summed E-state index contributed by atoms with van der Waals surface area (Å²) in [6, 6.07) is 18.2. The minimum Gasteiger partial charge on any atom is -0.497 e. The lowest BCUT2D eigenvalue weighted by molar-refractivity contribution is 0.122. The van der Waals surface area contributed by atoms with Gasteiger partial charge in [-0.05, 0) is 48.5 Å². The number of furan rings is 1. The van der Waals surface area contributed by atoms with Crippen LogP contribution in [0.5, 0.6) is 11.6 Å². The zero-order valence-corrected chi connectivity index (χ0v) is 17.6. The van der Waals surface area contributed by atoms with Crippen molar-refractivity contribution in [1.82, 2.24) is 4.98 Å². The first-order chi connectivity index (χ1) is 15.3. The Balaban J connectivity index is 1.68. The summed E-state index contributed by atoms with van der Waals surface area (Å²) >= 11 is 0. The van der Waals surface area contributed by atoms with Crippen LogP contribution in [-0.4, -0.2) is 45.5 Å². The van der Waals surface area contributed by atoms with E-state index < -0.39 is 0 Å². The Kier molecular flexibility index (Phi) is 5.22. The number of hydrogen-bond donors (Lipinski definition) is 0. The van der Waals surface area contributed by atoms with Gasteiger partial charge in [-0.3, -0.25) is 0 Å². The Labute approximate surface area is 181 Å². The summed E-state index contributed by atoms with van der Waals surface area (Å²) in [4.78, 5) is 6.77. The summed E-state index contributed by atoms with van der Waals surface area (Å²) in [5, 5.41) is 1.06. The SMILES string of the molecule is COc1ccc(-c2oc3ccc(N4CCOCC4)cc3c2-c2ccc(OC)nc2)cc1. The van der Waals surface area contributed by atoms with Crippen LogP contribution in [0, 0.1) is 0 Å². The number of anilines is 1. The van der Waals surface area contributed by atoms with Crippen LogP contribution in [0.4, 0.5) is 5.69 Å². The molecule has 1 saturated heterocycles. The number of fused-ring (bicyclic) bond motifs is 1. The lowest BCUT2D eigenvalue weighted by Crippen LogP contribution is -2.36. The third kappa shape index (κ3) is 3.70. The summed E-state index contributed by atoms with van der Waals surface area (Å²) in [6.07, 6.45) is 1.83. The van der Waals surface area contributed by atoms with Crippen molar-refractivity contribution >= 4 is 16.7 Å². The second-order valence-corrected chi connectivity index (χ2v) is 7.40. The maximum atomic E-state index is 6.37. The molecule has 4 aromatic rings. The Morgan fingerprint density at radius 3 is 2.32 bits per heavy atom. The number of hydrogen-bond acceptors (Lipinski definition) is 6. The number of morpholine rings is 1. The molecule has 2 aromatic carbocycles. The molecular weight excluding hydrogens is 392 g/mol. The van der Waals surface area contributed by atoms with Crippen LogP contribution in [0.3, 0.4) is 0 Å². The standard InChI is InChI=1S/C25H24N2O4/c1-28-20-7-3-17(4-8-20)25-24(18-5-10-23(29-2)26-16-18)21-15-19(6-9-22(21)31-25)27-11-13-30-14-12-27/h3-10,15-16H,11-14H2,1-2H3. The van der Waals surface area contributed by atoms with E-state index in [-0.39, 0.29) is 0 Å². The molecular formula is C25H24N2O4.